The molecule has 0 aromatic carbocycles. The first-order valence-corrected chi connectivity index (χ1v) is 9.22. The Morgan fingerprint density at radius 2 is 1.43 bits per heavy atom. The molecule has 0 amide bonds. The van der Waals surface area contributed by atoms with Crippen LogP contribution in [0, 0.1) is 11.3 Å². The van der Waals surface area contributed by atoms with Gasteiger partial charge in [0.15, 0.2) is 0 Å². The molecule has 2 aliphatic heterocycles. The number of likely N-dealkylation sites (tertiary alicyclic amines) is 2. The lowest BCUT2D eigenvalue weighted by molar-refractivity contribution is -0.118. The van der Waals surface area contributed by atoms with E-state index in [4.69, 9.17) is 0 Å². The average molecular weight is 327 g/mol. The van der Waals surface area contributed by atoms with Crippen molar-refractivity contribution in [3.8, 4) is 0 Å². The molecule has 2 heterocycles. The summed E-state index contributed by atoms with van der Waals surface area (Å²) in [5.41, 5.74) is 0.611. The highest BCUT2D eigenvalue weighted by atomic mass is 16.1. The molecule has 2 rings (SSSR count). The summed E-state index contributed by atoms with van der Waals surface area (Å²) in [5, 5.41) is 0. The first-order valence-electron chi connectivity index (χ1n) is 9.22. The van der Waals surface area contributed by atoms with Crippen molar-refractivity contribution in [2.45, 2.75) is 60.3 Å². The third-order valence-electron chi connectivity index (χ3n) is 4.68. The van der Waals surface area contributed by atoms with Crippen molar-refractivity contribution in [3.05, 3.63) is 0 Å². The lowest BCUT2D eigenvalue weighted by Crippen LogP contribution is -2.46. The Hall–Kier alpha value is -0.740. The van der Waals surface area contributed by atoms with Gasteiger partial charge in [0, 0.05) is 5.92 Å². The van der Waals surface area contributed by atoms with Crippen LogP contribution in [0.4, 0.5) is 0 Å². The van der Waals surface area contributed by atoms with Crippen LogP contribution in [0.25, 0.3) is 0 Å². The van der Waals surface area contributed by atoms with Crippen molar-refractivity contribution >= 4 is 12.1 Å². The highest BCUT2D eigenvalue weighted by Crippen LogP contribution is 2.40. The maximum atomic E-state index is 11.1. The van der Waals surface area contributed by atoms with Crippen molar-refractivity contribution in [1.29, 1.82) is 0 Å². The van der Waals surface area contributed by atoms with Crippen molar-refractivity contribution in [2.75, 3.05) is 39.8 Å². The van der Waals surface area contributed by atoms with Crippen molar-refractivity contribution in [1.82, 2.24) is 9.80 Å². The number of rotatable bonds is 3. The van der Waals surface area contributed by atoms with Crippen LogP contribution >= 0.6 is 0 Å². The van der Waals surface area contributed by atoms with Crippen molar-refractivity contribution in [3.63, 3.8) is 0 Å². The van der Waals surface area contributed by atoms with Gasteiger partial charge >= 0.3 is 0 Å². The van der Waals surface area contributed by atoms with E-state index in [1.165, 1.54) is 38.8 Å². The number of hydrogen-bond acceptors (Lipinski definition) is 4. The van der Waals surface area contributed by atoms with E-state index in [2.05, 4.69) is 16.8 Å². The maximum absolute atomic E-state index is 11.1. The summed E-state index contributed by atoms with van der Waals surface area (Å²) in [7, 11) is 2.22. The monoisotopic (exact) mass is 326 g/mol. The van der Waals surface area contributed by atoms with Crippen LogP contribution in [-0.4, -0.2) is 61.6 Å². The molecule has 0 aliphatic carbocycles. The van der Waals surface area contributed by atoms with Crippen LogP contribution in [0.15, 0.2) is 0 Å². The number of carbonyl (C=O) groups excluding carboxylic acids is 2. The number of nitrogens with zero attached hydrogens (tertiary/aromatic N) is 2. The Kier molecular flexibility index (Phi) is 11.4. The van der Waals surface area contributed by atoms with E-state index >= 15 is 0 Å². The van der Waals surface area contributed by atoms with Gasteiger partial charge in [0.1, 0.15) is 12.1 Å². The SMILES string of the molecule is CC.CC(=O)CN1CCC2(CCN(C)CC2)CC1.CC(C)C=O. The Morgan fingerprint density at radius 3 is 1.78 bits per heavy atom. The molecule has 0 unspecified atom stereocenters. The predicted octanol–water partition coefficient (Wildman–Crippen LogP) is 3.25. The molecular weight excluding hydrogens is 288 g/mol. The summed E-state index contributed by atoms with van der Waals surface area (Å²) in [6.07, 6.45) is 6.23. The number of Topliss-reactive ketones (excluding diaryl/α,β-unsaturated/α-hetero) is 1. The molecule has 2 aliphatic rings. The van der Waals surface area contributed by atoms with Gasteiger partial charge in [-0.3, -0.25) is 9.69 Å². The van der Waals surface area contributed by atoms with E-state index in [0.717, 1.165) is 19.4 Å². The molecule has 0 aromatic heterocycles. The quantitative estimate of drug-likeness (QED) is 0.747. The number of aldehydes is 1. The molecule has 0 aromatic rings. The third kappa shape index (κ3) is 9.21. The minimum atomic E-state index is 0.204. The molecule has 2 saturated heterocycles. The number of piperidine rings is 2. The molecule has 0 bridgehead atoms. The van der Waals surface area contributed by atoms with E-state index in [9.17, 15) is 9.59 Å². The smallest absolute Gasteiger partial charge is 0.143 e. The fraction of sp³-hybridized carbons (Fsp3) is 0.895. The zero-order chi connectivity index (χ0) is 17.9. The molecule has 2 fully saturated rings. The normalized spacial score (nSPS) is 21.0. The third-order valence-corrected chi connectivity index (χ3v) is 4.68. The standard InChI is InChI=1S/C13H24N2O.C4H8O.C2H6/c1-12(16)11-15-9-5-13(6-10-15)3-7-14(2)8-4-13;1-4(2)3-5;1-2/h3-11H2,1-2H3;3-4H,1-2H3;1-2H3. The lowest BCUT2D eigenvalue weighted by Gasteiger charge is -2.46. The summed E-state index contributed by atoms with van der Waals surface area (Å²) in [5.74, 6) is 0.509. The van der Waals surface area contributed by atoms with Gasteiger partial charge in [-0.1, -0.05) is 27.7 Å². The molecule has 0 atom stereocenters. The van der Waals surface area contributed by atoms with Crippen molar-refractivity contribution < 1.29 is 9.59 Å². The van der Waals surface area contributed by atoms with E-state index in [1.807, 2.05) is 27.7 Å². The molecule has 4 heteroatoms. The Labute approximate surface area is 143 Å². The second kappa shape index (κ2) is 11.7. The summed E-state index contributed by atoms with van der Waals surface area (Å²) in [6, 6.07) is 0. The lowest BCUT2D eigenvalue weighted by atomic mass is 9.71. The van der Waals surface area contributed by atoms with Gasteiger partial charge in [-0.25, -0.2) is 0 Å². The van der Waals surface area contributed by atoms with Gasteiger partial charge in [-0.2, -0.15) is 0 Å². The molecule has 0 radical (unpaired) electrons. The molecule has 136 valence electrons. The van der Waals surface area contributed by atoms with Crippen LogP contribution in [0.5, 0.6) is 0 Å². The highest BCUT2D eigenvalue weighted by Gasteiger charge is 2.36. The van der Waals surface area contributed by atoms with Gasteiger partial charge in [0.25, 0.3) is 0 Å². The van der Waals surface area contributed by atoms with Gasteiger partial charge < -0.3 is 9.69 Å². The van der Waals surface area contributed by atoms with Gasteiger partial charge in [-0.05, 0) is 71.2 Å². The summed E-state index contributed by atoms with van der Waals surface area (Å²) in [6.45, 7) is 14.8. The minimum Gasteiger partial charge on any atom is -0.306 e. The zero-order valence-electron chi connectivity index (χ0n) is 16.2. The van der Waals surface area contributed by atoms with Crippen LogP contribution in [0.3, 0.4) is 0 Å². The van der Waals surface area contributed by atoms with E-state index < -0.39 is 0 Å². The van der Waals surface area contributed by atoms with Gasteiger partial charge in [-0.15, -0.1) is 0 Å². The molecular formula is C19H38N2O2. The van der Waals surface area contributed by atoms with Crippen LogP contribution in [-0.2, 0) is 9.59 Å². The summed E-state index contributed by atoms with van der Waals surface area (Å²) in [4.78, 5) is 25.3. The largest absolute Gasteiger partial charge is 0.306 e. The number of carbonyl (C=O) groups is 2. The highest BCUT2D eigenvalue weighted by molar-refractivity contribution is 5.77. The number of hydrogen-bond donors (Lipinski definition) is 0. The maximum Gasteiger partial charge on any atom is 0.143 e. The predicted molar refractivity (Wildman–Crippen MR) is 97.8 cm³/mol. The van der Waals surface area contributed by atoms with Crippen LogP contribution in [0.1, 0.15) is 60.3 Å². The van der Waals surface area contributed by atoms with E-state index in [0.29, 0.717) is 17.7 Å². The molecule has 1 spiro atoms. The molecule has 0 saturated carbocycles. The molecule has 4 nitrogen and oxygen atoms in total. The fourth-order valence-corrected chi connectivity index (χ4v) is 3.09. The minimum absolute atomic E-state index is 0.204. The van der Waals surface area contributed by atoms with Crippen molar-refractivity contribution in [2.24, 2.45) is 11.3 Å². The fourth-order valence-electron chi connectivity index (χ4n) is 3.09. The first-order chi connectivity index (χ1) is 10.9. The molecule has 23 heavy (non-hydrogen) atoms. The van der Waals surface area contributed by atoms with Gasteiger partial charge in [0.05, 0.1) is 6.54 Å². The second-order valence-electron chi connectivity index (χ2n) is 7.16. The Morgan fingerprint density at radius 1 is 1.04 bits per heavy atom. The topological polar surface area (TPSA) is 40.6 Å². The van der Waals surface area contributed by atoms with Crippen LogP contribution < -0.4 is 0 Å². The van der Waals surface area contributed by atoms with Crippen LogP contribution in [0.2, 0.25) is 0 Å². The van der Waals surface area contributed by atoms with Gasteiger partial charge in [0.2, 0.25) is 0 Å². The Bertz CT molecular complexity index is 324. The first kappa shape index (κ1) is 22.3. The molecule has 0 N–H and O–H groups in total. The van der Waals surface area contributed by atoms with E-state index in [-0.39, 0.29) is 5.92 Å². The average Bonchev–Trinajstić information content (AvgIpc) is 2.55. The Balaban J connectivity index is 0.000000594. The summed E-state index contributed by atoms with van der Waals surface area (Å²) < 4.78 is 0. The number of ketones is 1. The zero-order valence-corrected chi connectivity index (χ0v) is 16.2. The summed E-state index contributed by atoms with van der Waals surface area (Å²) >= 11 is 0. The van der Waals surface area contributed by atoms with E-state index in [1.54, 1.807) is 6.92 Å². The second-order valence-corrected chi connectivity index (χ2v) is 7.16.